The predicted molar refractivity (Wildman–Crippen MR) is 186 cm³/mol. The maximum Gasteiger partial charge on any atom is 0.264 e. The summed E-state index contributed by atoms with van der Waals surface area (Å²) in [5.41, 5.74) is 3.07. The quantitative estimate of drug-likeness (QED) is 0.222. The lowest BCUT2D eigenvalue weighted by Gasteiger charge is -2.45. The molecule has 3 aliphatic rings. The molecule has 5 rings (SSSR count). The van der Waals surface area contributed by atoms with Crippen molar-refractivity contribution in [3.63, 3.8) is 0 Å². The van der Waals surface area contributed by atoms with Gasteiger partial charge in [-0.05, 0) is 105 Å². The van der Waals surface area contributed by atoms with Crippen molar-refractivity contribution in [1.29, 1.82) is 5.26 Å². The fraction of sp³-hybridized carbons (Fsp3) is 0.514. The van der Waals surface area contributed by atoms with Crippen molar-refractivity contribution >= 4 is 33.2 Å². The topological polar surface area (TPSA) is 120 Å². The SMILES string of the molecule is C=CCC[C@H](CC#N)S(=O)(=O)NC(=O)c1ccc2c(c1)N(C[C@@H]1CC[C@H]1[C@@H](O)/C=C/CCC)C[C@@]1(CCCc3cc(Cl)ccc31)CO2. The molecule has 0 bridgehead atoms. The van der Waals surface area contributed by atoms with Gasteiger partial charge >= 0.3 is 0 Å². The second-order valence-corrected chi connectivity index (χ2v) is 15.7. The Bertz CT molecular complexity index is 1640. The van der Waals surface area contributed by atoms with Crippen LogP contribution in [0, 0.1) is 23.2 Å². The molecule has 1 saturated carbocycles. The number of halogens is 1. The normalized spacial score (nSPS) is 23.4. The summed E-state index contributed by atoms with van der Waals surface area (Å²) in [6.45, 7) is 7.53. The maximum atomic E-state index is 13.5. The molecule has 1 aliphatic heterocycles. The Morgan fingerprint density at radius 1 is 1.28 bits per heavy atom. The van der Waals surface area contributed by atoms with Gasteiger partial charge in [0, 0.05) is 29.1 Å². The molecule has 1 heterocycles. The summed E-state index contributed by atoms with van der Waals surface area (Å²) < 4.78 is 35.1. The number of nitrogens with one attached hydrogen (secondary N) is 1. The highest BCUT2D eigenvalue weighted by Gasteiger charge is 2.44. The van der Waals surface area contributed by atoms with Crippen LogP contribution < -0.4 is 14.4 Å². The van der Waals surface area contributed by atoms with Crippen LogP contribution in [0.25, 0.3) is 0 Å². The van der Waals surface area contributed by atoms with E-state index in [0.29, 0.717) is 36.9 Å². The van der Waals surface area contributed by atoms with E-state index in [9.17, 15) is 23.6 Å². The zero-order chi connectivity index (χ0) is 33.6. The summed E-state index contributed by atoms with van der Waals surface area (Å²) in [7, 11) is -4.11. The first-order valence-corrected chi connectivity index (χ1v) is 18.7. The molecule has 0 aromatic heterocycles. The Hall–Kier alpha value is -3.32. The van der Waals surface area contributed by atoms with E-state index in [1.165, 1.54) is 11.1 Å². The molecule has 1 fully saturated rings. The lowest BCUT2D eigenvalue weighted by molar-refractivity contribution is 0.0456. The smallest absolute Gasteiger partial charge is 0.264 e. The van der Waals surface area contributed by atoms with Crippen LogP contribution >= 0.6 is 11.6 Å². The van der Waals surface area contributed by atoms with Crippen LogP contribution in [0.15, 0.2) is 61.2 Å². The van der Waals surface area contributed by atoms with Crippen molar-refractivity contribution in [2.24, 2.45) is 11.8 Å². The molecule has 1 amide bonds. The number of sulfonamides is 1. The number of hydrogen-bond donors (Lipinski definition) is 2. The summed E-state index contributed by atoms with van der Waals surface area (Å²) in [6.07, 6.45) is 12.2. The van der Waals surface area contributed by atoms with Gasteiger partial charge in [-0.15, -0.1) is 6.58 Å². The first-order chi connectivity index (χ1) is 22.6. The number of hydrogen-bond acceptors (Lipinski definition) is 7. The largest absolute Gasteiger partial charge is 0.490 e. The number of nitrogens with zero attached hydrogens (tertiary/aromatic N) is 2. The van der Waals surface area contributed by atoms with Crippen LogP contribution in [0.2, 0.25) is 5.02 Å². The van der Waals surface area contributed by atoms with E-state index in [-0.39, 0.29) is 35.7 Å². The third-order valence-corrected chi connectivity index (χ3v) is 12.1. The lowest BCUT2D eigenvalue weighted by Crippen LogP contribution is -2.49. The summed E-state index contributed by atoms with van der Waals surface area (Å²) >= 11 is 6.41. The van der Waals surface area contributed by atoms with E-state index in [2.05, 4.69) is 41.3 Å². The average molecular weight is 680 g/mol. The molecule has 2 aliphatic carbocycles. The maximum absolute atomic E-state index is 13.5. The molecule has 1 spiro atoms. The van der Waals surface area contributed by atoms with E-state index < -0.39 is 27.3 Å². The molecule has 0 unspecified atom stereocenters. The van der Waals surface area contributed by atoms with Crippen molar-refractivity contribution in [2.45, 2.75) is 87.9 Å². The van der Waals surface area contributed by atoms with Crippen LogP contribution in [0.3, 0.4) is 0 Å². The number of allylic oxidation sites excluding steroid dienone is 2. The van der Waals surface area contributed by atoms with Gasteiger partial charge in [-0.1, -0.05) is 49.2 Å². The lowest BCUT2D eigenvalue weighted by atomic mass is 9.68. The van der Waals surface area contributed by atoms with Crippen molar-refractivity contribution in [2.75, 3.05) is 24.6 Å². The highest BCUT2D eigenvalue weighted by molar-refractivity contribution is 7.90. The molecule has 47 heavy (non-hydrogen) atoms. The van der Waals surface area contributed by atoms with Gasteiger partial charge in [0.2, 0.25) is 10.0 Å². The third kappa shape index (κ3) is 7.88. The van der Waals surface area contributed by atoms with Crippen molar-refractivity contribution in [1.82, 2.24) is 4.72 Å². The molecule has 2 aromatic rings. The fourth-order valence-electron chi connectivity index (χ4n) is 7.40. The molecule has 0 radical (unpaired) electrons. The minimum absolute atomic E-state index is 0.133. The fourth-order valence-corrected chi connectivity index (χ4v) is 8.88. The van der Waals surface area contributed by atoms with Crippen LogP contribution in [-0.2, 0) is 21.9 Å². The van der Waals surface area contributed by atoms with Gasteiger partial charge in [0.1, 0.15) is 5.75 Å². The van der Waals surface area contributed by atoms with Crippen LogP contribution in [0.4, 0.5) is 5.69 Å². The van der Waals surface area contributed by atoms with Crippen LogP contribution in [0.5, 0.6) is 5.75 Å². The number of carbonyl (C=O) groups is 1. The molecule has 5 atom stereocenters. The Labute approximate surface area is 284 Å². The predicted octanol–water partition coefficient (Wildman–Crippen LogP) is 6.86. The zero-order valence-corrected chi connectivity index (χ0v) is 28.7. The number of amides is 1. The number of aliphatic hydroxyl groups is 1. The summed E-state index contributed by atoms with van der Waals surface area (Å²) in [5, 5.41) is 19.9. The minimum atomic E-state index is -4.11. The van der Waals surface area contributed by atoms with Gasteiger partial charge in [-0.3, -0.25) is 4.79 Å². The number of rotatable bonds is 13. The highest BCUT2D eigenvalue weighted by Crippen LogP contribution is 2.46. The third-order valence-electron chi connectivity index (χ3n) is 10.1. The second kappa shape index (κ2) is 15.3. The van der Waals surface area contributed by atoms with E-state index in [1.54, 1.807) is 24.3 Å². The molecule has 252 valence electrons. The van der Waals surface area contributed by atoms with Gasteiger partial charge in [-0.25, -0.2) is 13.1 Å². The van der Waals surface area contributed by atoms with Crippen molar-refractivity contribution < 1.29 is 23.1 Å². The van der Waals surface area contributed by atoms with Crippen LogP contribution in [0.1, 0.15) is 86.2 Å². The van der Waals surface area contributed by atoms with E-state index in [0.717, 1.165) is 50.6 Å². The molecular weight excluding hydrogens is 634 g/mol. The number of aryl methyl sites for hydroxylation is 1. The van der Waals surface area contributed by atoms with Gasteiger partial charge in [0.05, 0.1) is 36.1 Å². The number of benzene rings is 2. The summed E-state index contributed by atoms with van der Waals surface area (Å²) in [6, 6.07) is 13.1. The molecule has 10 heteroatoms. The number of aliphatic hydroxyl groups excluding tert-OH is 1. The van der Waals surface area contributed by atoms with Gasteiger partial charge in [0.15, 0.2) is 0 Å². The van der Waals surface area contributed by atoms with E-state index in [1.807, 2.05) is 18.2 Å². The highest BCUT2D eigenvalue weighted by atomic mass is 35.5. The second-order valence-electron chi connectivity index (χ2n) is 13.3. The number of ether oxygens (including phenoxy) is 1. The van der Waals surface area contributed by atoms with E-state index in [4.69, 9.17) is 16.3 Å². The summed E-state index contributed by atoms with van der Waals surface area (Å²) in [4.78, 5) is 15.8. The summed E-state index contributed by atoms with van der Waals surface area (Å²) in [5.74, 6) is 0.259. The molecule has 0 saturated heterocycles. The number of unbranched alkanes of at least 4 members (excludes halogenated alkanes) is 1. The first kappa shape index (κ1) is 35.0. The molecule has 2 N–H and O–H groups in total. The van der Waals surface area contributed by atoms with E-state index >= 15 is 0 Å². The molecular formula is C37H46ClN3O5S. The standard InChI is InChI=1S/C37H46ClN3O5S/c1-3-5-7-11-34(42)31-15-12-28(31)23-41-24-37(19-8-9-26-21-29(38)14-16-32(26)37)25-46-35-17-13-27(22-33(35)41)36(43)40-47(44,45)30(18-20-39)10-6-4-2/h4,7,11,13-14,16-17,21-22,28,30-31,34,42H,2-3,5-6,8-10,12,15,18-19,23-25H2,1H3,(H,40,43)/b11-7+/t28-,30+,31+,34-,37-/m0/s1. The number of anilines is 1. The number of nitriles is 1. The minimum Gasteiger partial charge on any atom is -0.490 e. The molecule has 2 aromatic carbocycles. The molecule has 8 nitrogen and oxygen atoms in total. The Balaban J connectivity index is 1.47. The van der Waals surface area contributed by atoms with Gasteiger partial charge < -0.3 is 14.7 Å². The average Bonchev–Trinajstić information content (AvgIpc) is 3.18. The monoisotopic (exact) mass is 679 g/mol. The van der Waals surface area contributed by atoms with Crippen molar-refractivity contribution in [3.05, 3.63) is 82.9 Å². The van der Waals surface area contributed by atoms with Gasteiger partial charge in [0.25, 0.3) is 5.91 Å². The zero-order valence-electron chi connectivity index (χ0n) is 27.2. The van der Waals surface area contributed by atoms with Gasteiger partial charge in [-0.2, -0.15) is 5.26 Å². The Morgan fingerprint density at radius 3 is 2.83 bits per heavy atom. The Kier molecular flexibility index (Phi) is 11.4. The van der Waals surface area contributed by atoms with Crippen molar-refractivity contribution in [3.8, 4) is 11.8 Å². The number of carbonyl (C=O) groups excluding carboxylic acids is 1. The Morgan fingerprint density at radius 2 is 2.11 bits per heavy atom. The first-order valence-electron chi connectivity index (χ1n) is 16.8. The van der Waals surface area contributed by atoms with Crippen LogP contribution in [-0.4, -0.2) is 50.5 Å². The number of fused-ring (bicyclic) bond motifs is 3.